The highest BCUT2D eigenvalue weighted by molar-refractivity contribution is 6.12. The first-order valence-electron chi connectivity index (χ1n) is 17.4. The van der Waals surface area contributed by atoms with Crippen molar-refractivity contribution in [2.24, 2.45) is 5.92 Å². The number of amides is 2. The Balaban J connectivity index is 1.08. The van der Waals surface area contributed by atoms with Crippen molar-refractivity contribution in [1.82, 2.24) is 24.6 Å². The van der Waals surface area contributed by atoms with Crippen molar-refractivity contribution in [1.29, 1.82) is 0 Å². The molecule has 2 bridgehead atoms. The summed E-state index contributed by atoms with van der Waals surface area (Å²) < 4.78 is 32.9. The van der Waals surface area contributed by atoms with E-state index >= 15 is 8.78 Å². The third kappa shape index (κ3) is 5.68. The van der Waals surface area contributed by atoms with Crippen LogP contribution in [0.2, 0.25) is 0 Å². The van der Waals surface area contributed by atoms with Gasteiger partial charge in [0, 0.05) is 57.8 Å². The van der Waals surface area contributed by atoms with Gasteiger partial charge in [-0.25, -0.2) is 13.5 Å². The summed E-state index contributed by atoms with van der Waals surface area (Å²) >= 11 is 0. The molecule has 2 unspecified atom stereocenters. The summed E-state index contributed by atoms with van der Waals surface area (Å²) in [4.78, 5) is 37.7. The summed E-state index contributed by atoms with van der Waals surface area (Å²) in [6.45, 7) is 4.78. The molecule has 13 heteroatoms. The van der Waals surface area contributed by atoms with Gasteiger partial charge in [-0.05, 0) is 32.1 Å². The second-order valence-corrected chi connectivity index (χ2v) is 14.0. The first-order chi connectivity index (χ1) is 22.4. The normalized spacial score (nSPS) is 26.8. The molecule has 46 heavy (non-hydrogen) atoms. The minimum Gasteiger partial charge on any atom is -0.381 e. The molecule has 4 fully saturated rings. The fraction of sp³-hybridized carbons (Fsp3) is 0.697. The van der Waals surface area contributed by atoms with Crippen LogP contribution in [-0.2, 0) is 10.3 Å². The minimum absolute atomic E-state index is 0.0129. The van der Waals surface area contributed by atoms with Gasteiger partial charge in [-0.2, -0.15) is 5.10 Å². The van der Waals surface area contributed by atoms with Gasteiger partial charge in [0.1, 0.15) is 23.2 Å². The van der Waals surface area contributed by atoms with Gasteiger partial charge in [-0.15, -0.1) is 0 Å². The van der Waals surface area contributed by atoms with E-state index in [1.165, 1.54) is 12.6 Å². The number of nitrogens with zero attached hydrogens (tertiary/aromatic N) is 6. The Morgan fingerprint density at radius 2 is 1.67 bits per heavy atom. The zero-order chi connectivity index (χ0) is 31.8. The van der Waals surface area contributed by atoms with E-state index in [9.17, 15) is 9.59 Å². The van der Waals surface area contributed by atoms with Crippen molar-refractivity contribution < 1.29 is 18.4 Å². The molecule has 250 valence electrons. The van der Waals surface area contributed by atoms with Crippen molar-refractivity contribution in [2.45, 2.75) is 94.8 Å². The van der Waals surface area contributed by atoms with Crippen LogP contribution in [0.25, 0.3) is 0 Å². The molecule has 2 aromatic heterocycles. The Morgan fingerprint density at radius 3 is 2.41 bits per heavy atom. The highest BCUT2D eigenvalue weighted by Gasteiger charge is 2.47. The number of hydrogen-bond donors (Lipinski definition) is 3. The molecule has 0 aromatic carbocycles. The predicted molar refractivity (Wildman–Crippen MR) is 173 cm³/mol. The van der Waals surface area contributed by atoms with Crippen LogP contribution in [0.15, 0.2) is 12.4 Å². The summed E-state index contributed by atoms with van der Waals surface area (Å²) in [5.74, 6) is -0.549. The maximum atomic E-state index is 15.8. The van der Waals surface area contributed by atoms with E-state index in [0.29, 0.717) is 50.6 Å². The van der Waals surface area contributed by atoms with Crippen molar-refractivity contribution in [3.05, 3.63) is 23.8 Å². The molecular formula is C33H47F2N9O2. The van der Waals surface area contributed by atoms with Crippen LogP contribution in [0.4, 0.5) is 31.8 Å². The average Bonchev–Trinajstić information content (AvgIpc) is 3.61. The lowest BCUT2D eigenvalue weighted by atomic mass is 9.80. The second-order valence-electron chi connectivity index (χ2n) is 14.0. The molecule has 6 heterocycles. The SMILES string of the molecule is Nc1nn2c(c1C(=O)Nc1cncc(F)c1N1CCC(C(=O)N3CCN4CC[C@@H]3C4)CC1)NCC(F)C21CCCCCCCCC1. The highest BCUT2D eigenvalue weighted by Crippen LogP contribution is 2.44. The van der Waals surface area contributed by atoms with E-state index in [-0.39, 0.29) is 41.1 Å². The molecule has 0 radical (unpaired) electrons. The summed E-state index contributed by atoms with van der Waals surface area (Å²) in [5, 5.41) is 10.5. The van der Waals surface area contributed by atoms with Gasteiger partial charge in [0.05, 0.1) is 23.6 Å². The smallest absolute Gasteiger partial charge is 0.263 e. The van der Waals surface area contributed by atoms with Gasteiger partial charge in [-0.1, -0.05) is 44.9 Å². The Kier molecular flexibility index (Phi) is 8.77. The van der Waals surface area contributed by atoms with Crippen LogP contribution in [0.3, 0.4) is 0 Å². The number of aromatic nitrogens is 3. The fourth-order valence-electron chi connectivity index (χ4n) is 8.65. The van der Waals surface area contributed by atoms with Crippen molar-refractivity contribution >= 4 is 34.8 Å². The topological polar surface area (TPSA) is 125 Å². The number of pyridine rings is 1. The quantitative estimate of drug-likeness (QED) is 0.451. The van der Waals surface area contributed by atoms with Crippen LogP contribution in [-0.4, -0.2) is 94.4 Å². The highest BCUT2D eigenvalue weighted by atomic mass is 19.1. The molecule has 11 nitrogen and oxygen atoms in total. The monoisotopic (exact) mass is 639 g/mol. The number of rotatable bonds is 4. The number of carbonyl (C=O) groups is 2. The number of carbonyl (C=O) groups excluding carboxylic acids is 2. The van der Waals surface area contributed by atoms with Crippen molar-refractivity contribution in [3.8, 4) is 0 Å². The lowest BCUT2D eigenvalue weighted by Crippen LogP contribution is -2.52. The number of piperazine rings is 1. The molecule has 1 saturated carbocycles. The standard InChI is InChI=1S/C33H47F2N9O2/c34-24-18-37-19-25(28(24)42-14-8-22(9-15-42)32(46)43-17-16-41-13-10-23(43)21-41)39-31(45)27-29(36)40-44-30(27)38-20-26(35)33(44)11-6-4-2-1-3-5-7-12-33/h18-19,22-23,26,38H,1-17,20-21H2,(H2,36,40)(H,39,45)/t23-,26?/m1/s1. The molecular weight excluding hydrogens is 592 g/mol. The maximum Gasteiger partial charge on any atom is 0.263 e. The molecule has 1 aliphatic carbocycles. The van der Waals surface area contributed by atoms with E-state index in [1.54, 1.807) is 4.68 Å². The van der Waals surface area contributed by atoms with Gasteiger partial charge in [-0.3, -0.25) is 19.5 Å². The summed E-state index contributed by atoms with van der Waals surface area (Å²) in [5.41, 5.74) is 6.13. The van der Waals surface area contributed by atoms with Gasteiger partial charge in [0.2, 0.25) is 5.91 Å². The fourth-order valence-corrected chi connectivity index (χ4v) is 8.65. The summed E-state index contributed by atoms with van der Waals surface area (Å²) in [6, 6.07) is 0.307. The van der Waals surface area contributed by atoms with Crippen LogP contribution in [0.5, 0.6) is 0 Å². The van der Waals surface area contributed by atoms with Crippen LogP contribution < -0.4 is 21.3 Å². The molecule has 4 aliphatic heterocycles. The first-order valence-corrected chi connectivity index (χ1v) is 17.4. The Labute approximate surface area is 269 Å². The Hall–Kier alpha value is -3.48. The van der Waals surface area contributed by atoms with E-state index in [4.69, 9.17) is 5.73 Å². The zero-order valence-corrected chi connectivity index (χ0v) is 26.7. The molecule has 2 aromatic rings. The van der Waals surface area contributed by atoms with Gasteiger partial charge < -0.3 is 26.2 Å². The van der Waals surface area contributed by atoms with Crippen LogP contribution in [0.1, 0.15) is 87.4 Å². The first kappa shape index (κ1) is 31.1. The van der Waals surface area contributed by atoms with E-state index in [2.05, 4.69) is 30.5 Å². The van der Waals surface area contributed by atoms with Gasteiger partial charge in [0.25, 0.3) is 5.91 Å². The largest absolute Gasteiger partial charge is 0.381 e. The number of halogens is 2. The number of anilines is 4. The maximum absolute atomic E-state index is 15.8. The van der Waals surface area contributed by atoms with E-state index in [0.717, 1.165) is 77.3 Å². The summed E-state index contributed by atoms with van der Waals surface area (Å²) in [7, 11) is 0. The lowest BCUT2D eigenvalue weighted by Gasteiger charge is -2.42. The third-order valence-electron chi connectivity index (χ3n) is 11.2. The van der Waals surface area contributed by atoms with Crippen molar-refractivity contribution in [2.75, 3.05) is 67.1 Å². The number of alkyl halides is 1. The van der Waals surface area contributed by atoms with Gasteiger partial charge >= 0.3 is 0 Å². The lowest BCUT2D eigenvalue weighted by molar-refractivity contribution is -0.139. The molecule has 1 spiro atoms. The average molecular weight is 640 g/mol. The molecule has 2 amide bonds. The third-order valence-corrected chi connectivity index (χ3v) is 11.2. The number of nitrogens with one attached hydrogen (secondary N) is 2. The molecule has 4 N–H and O–H groups in total. The van der Waals surface area contributed by atoms with E-state index in [1.807, 2.05) is 4.90 Å². The summed E-state index contributed by atoms with van der Waals surface area (Å²) in [6.07, 6.45) is 12.3. The Morgan fingerprint density at radius 1 is 0.957 bits per heavy atom. The van der Waals surface area contributed by atoms with Gasteiger partial charge in [0.15, 0.2) is 11.6 Å². The number of nitrogen functional groups attached to an aromatic ring is 1. The zero-order valence-electron chi connectivity index (χ0n) is 26.7. The number of piperidine rings is 1. The van der Waals surface area contributed by atoms with Crippen LogP contribution >= 0.6 is 0 Å². The predicted octanol–water partition coefficient (Wildman–Crippen LogP) is 4.37. The van der Waals surface area contributed by atoms with Crippen molar-refractivity contribution in [3.63, 3.8) is 0 Å². The molecule has 3 saturated heterocycles. The molecule has 5 aliphatic rings. The van der Waals surface area contributed by atoms with E-state index < -0.39 is 23.4 Å². The number of fused-ring (bicyclic) bond motifs is 4. The minimum atomic E-state index is -1.16. The molecule has 3 atom stereocenters. The Bertz CT molecular complexity index is 1430. The molecule has 7 rings (SSSR count). The number of hydrogen-bond acceptors (Lipinski definition) is 8. The van der Waals surface area contributed by atoms with Crippen LogP contribution in [0, 0.1) is 11.7 Å². The second kappa shape index (κ2) is 13.0. The number of nitrogens with two attached hydrogens (primary N) is 1.